The highest BCUT2D eigenvalue weighted by atomic mass is 79.9. The number of nitrogens with two attached hydrogens (primary N) is 1. The minimum Gasteiger partial charge on any atom is -0.347 e. The van der Waals surface area contributed by atoms with Crippen molar-refractivity contribution in [2.24, 2.45) is 5.84 Å². The molecule has 0 aliphatic rings. The monoisotopic (exact) mass is 404 g/mol. The van der Waals surface area contributed by atoms with Crippen molar-refractivity contribution in [1.29, 1.82) is 0 Å². The number of halogens is 2. The Labute approximate surface area is 130 Å². The van der Waals surface area contributed by atoms with E-state index in [0.717, 1.165) is 13.8 Å². The van der Waals surface area contributed by atoms with E-state index in [-0.39, 0.29) is 5.91 Å². The molecule has 2 aromatic rings. The summed E-state index contributed by atoms with van der Waals surface area (Å²) in [5, 5.41) is 4.79. The number of hydrogen-bond acceptors (Lipinski definition) is 5. The molecule has 0 atom stereocenters. The highest BCUT2D eigenvalue weighted by Gasteiger charge is 2.13. The number of carbonyl (C=O) groups is 1. The zero-order valence-corrected chi connectivity index (χ0v) is 13.6. The van der Waals surface area contributed by atoms with Crippen LogP contribution in [0.15, 0.2) is 32.7 Å². The molecule has 4 N–H and O–H groups in total. The fourth-order valence-electron chi connectivity index (χ4n) is 1.44. The second kappa shape index (κ2) is 6.47. The Morgan fingerprint density at radius 3 is 2.79 bits per heavy atom. The summed E-state index contributed by atoms with van der Waals surface area (Å²) in [7, 11) is 0. The first-order valence-corrected chi connectivity index (χ1v) is 7.70. The summed E-state index contributed by atoms with van der Waals surface area (Å²) >= 11 is 8.22. The number of amides is 1. The Morgan fingerprint density at radius 2 is 2.16 bits per heavy atom. The predicted molar refractivity (Wildman–Crippen MR) is 82.9 cm³/mol. The minimum atomic E-state index is -0.230. The van der Waals surface area contributed by atoms with Crippen LogP contribution in [0.5, 0.6) is 0 Å². The second-order valence-corrected chi connectivity index (χ2v) is 6.44. The Hall–Kier alpha value is -0.960. The van der Waals surface area contributed by atoms with Crippen LogP contribution in [0.4, 0.5) is 5.82 Å². The Kier molecular flexibility index (Phi) is 4.92. The van der Waals surface area contributed by atoms with Gasteiger partial charge in [-0.3, -0.25) is 4.79 Å². The van der Waals surface area contributed by atoms with Crippen LogP contribution in [-0.2, 0) is 6.54 Å². The molecule has 2 aromatic heterocycles. The van der Waals surface area contributed by atoms with Gasteiger partial charge in [-0.1, -0.05) is 0 Å². The van der Waals surface area contributed by atoms with Gasteiger partial charge in [0.05, 0.1) is 12.1 Å². The third-order valence-corrected chi connectivity index (χ3v) is 4.41. The number of nitrogens with zero attached hydrogens (tertiary/aromatic N) is 1. The lowest BCUT2D eigenvalue weighted by atomic mass is 10.2. The zero-order chi connectivity index (χ0) is 13.8. The molecule has 0 aliphatic heterocycles. The molecule has 2 rings (SSSR count). The first-order chi connectivity index (χ1) is 9.10. The van der Waals surface area contributed by atoms with Gasteiger partial charge in [-0.2, -0.15) is 0 Å². The number of thiophene rings is 1. The smallest absolute Gasteiger partial charge is 0.255 e. The van der Waals surface area contributed by atoms with Crippen molar-refractivity contribution < 1.29 is 4.79 Å². The SMILES string of the molecule is NNc1ncc(Br)cc1C(=O)NCc1cc(Br)cs1. The van der Waals surface area contributed by atoms with Crippen LogP contribution in [0.1, 0.15) is 15.2 Å². The fraction of sp³-hybridized carbons (Fsp3) is 0.0909. The van der Waals surface area contributed by atoms with Crippen LogP contribution in [0.2, 0.25) is 0 Å². The van der Waals surface area contributed by atoms with Gasteiger partial charge < -0.3 is 10.7 Å². The van der Waals surface area contributed by atoms with E-state index in [1.165, 1.54) is 0 Å². The topological polar surface area (TPSA) is 80.0 Å². The van der Waals surface area contributed by atoms with Crippen molar-refractivity contribution in [3.05, 3.63) is 43.1 Å². The lowest BCUT2D eigenvalue weighted by Crippen LogP contribution is -2.25. The van der Waals surface area contributed by atoms with E-state index in [2.05, 4.69) is 47.6 Å². The number of rotatable bonds is 4. The summed E-state index contributed by atoms with van der Waals surface area (Å²) in [6, 6.07) is 3.63. The molecular formula is C11H10Br2N4OS. The first kappa shape index (κ1) is 14.4. The predicted octanol–water partition coefficient (Wildman–Crippen LogP) is 2.88. The summed E-state index contributed by atoms with van der Waals surface area (Å²) in [4.78, 5) is 17.2. The third-order valence-electron chi connectivity index (χ3n) is 2.28. The molecule has 0 bridgehead atoms. The minimum absolute atomic E-state index is 0.230. The Balaban J connectivity index is 2.09. The molecule has 0 aromatic carbocycles. The molecule has 1 amide bonds. The van der Waals surface area contributed by atoms with Gasteiger partial charge in [0.15, 0.2) is 5.82 Å². The third kappa shape index (κ3) is 3.75. The largest absolute Gasteiger partial charge is 0.347 e. The first-order valence-electron chi connectivity index (χ1n) is 5.23. The van der Waals surface area contributed by atoms with Crippen LogP contribution in [-0.4, -0.2) is 10.9 Å². The lowest BCUT2D eigenvalue weighted by molar-refractivity contribution is 0.0951. The van der Waals surface area contributed by atoms with Gasteiger partial charge in [0, 0.05) is 25.4 Å². The molecule has 8 heteroatoms. The van der Waals surface area contributed by atoms with Crippen molar-refractivity contribution in [1.82, 2.24) is 10.3 Å². The van der Waals surface area contributed by atoms with E-state index >= 15 is 0 Å². The molecular weight excluding hydrogens is 396 g/mol. The van der Waals surface area contributed by atoms with Crippen LogP contribution in [0.3, 0.4) is 0 Å². The normalized spacial score (nSPS) is 10.3. The van der Waals surface area contributed by atoms with E-state index in [4.69, 9.17) is 5.84 Å². The summed E-state index contributed by atoms with van der Waals surface area (Å²) in [5.74, 6) is 5.45. The molecule has 0 saturated carbocycles. The lowest BCUT2D eigenvalue weighted by Gasteiger charge is -2.08. The van der Waals surface area contributed by atoms with Crippen molar-refractivity contribution in [3.63, 3.8) is 0 Å². The average molecular weight is 406 g/mol. The molecule has 0 unspecified atom stereocenters. The van der Waals surface area contributed by atoms with Crippen LogP contribution < -0.4 is 16.6 Å². The average Bonchev–Trinajstić information content (AvgIpc) is 2.81. The molecule has 0 spiro atoms. The number of nitrogens with one attached hydrogen (secondary N) is 2. The van der Waals surface area contributed by atoms with E-state index < -0.39 is 0 Å². The maximum absolute atomic E-state index is 12.1. The van der Waals surface area contributed by atoms with Gasteiger partial charge in [0.2, 0.25) is 0 Å². The number of carbonyl (C=O) groups excluding carboxylic acids is 1. The molecule has 0 radical (unpaired) electrons. The summed E-state index contributed by atoms with van der Waals surface area (Å²) in [6.07, 6.45) is 1.57. The highest BCUT2D eigenvalue weighted by Crippen LogP contribution is 2.20. The van der Waals surface area contributed by atoms with Crippen LogP contribution in [0, 0.1) is 0 Å². The molecule has 0 aliphatic carbocycles. The quantitative estimate of drug-likeness (QED) is 0.539. The van der Waals surface area contributed by atoms with Crippen molar-refractivity contribution >= 4 is 54.9 Å². The molecule has 0 fully saturated rings. The second-order valence-electron chi connectivity index (χ2n) is 3.61. The molecule has 0 saturated heterocycles. The summed E-state index contributed by atoms with van der Waals surface area (Å²) in [6.45, 7) is 0.464. The van der Waals surface area contributed by atoms with Crippen molar-refractivity contribution in [3.8, 4) is 0 Å². The maximum atomic E-state index is 12.1. The van der Waals surface area contributed by atoms with Gasteiger partial charge in [0.25, 0.3) is 5.91 Å². The van der Waals surface area contributed by atoms with Gasteiger partial charge >= 0.3 is 0 Å². The van der Waals surface area contributed by atoms with E-state index in [1.54, 1.807) is 23.6 Å². The van der Waals surface area contributed by atoms with Crippen molar-refractivity contribution in [2.75, 3.05) is 5.43 Å². The van der Waals surface area contributed by atoms with E-state index in [9.17, 15) is 4.79 Å². The van der Waals surface area contributed by atoms with Gasteiger partial charge in [-0.25, -0.2) is 10.8 Å². The van der Waals surface area contributed by atoms with Gasteiger partial charge in [0.1, 0.15) is 0 Å². The summed E-state index contributed by atoms with van der Waals surface area (Å²) in [5.41, 5.74) is 2.80. The number of pyridine rings is 1. The molecule has 100 valence electrons. The van der Waals surface area contributed by atoms with Crippen molar-refractivity contribution in [2.45, 2.75) is 6.54 Å². The van der Waals surface area contributed by atoms with E-state index in [0.29, 0.717) is 17.9 Å². The molecule has 19 heavy (non-hydrogen) atoms. The number of hydrazine groups is 1. The van der Waals surface area contributed by atoms with Crippen LogP contribution in [0.25, 0.3) is 0 Å². The van der Waals surface area contributed by atoms with Gasteiger partial charge in [-0.05, 0) is 44.0 Å². The summed E-state index contributed by atoms with van der Waals surface area (Å²) < 4.78 is 1.73. The van der Waals surface area contributed by atoms with Crippen LogP contribution >= 0.6 is 43.2 Å². The number of nitrogen functional groups attached to an aromatic ring is 1. The Bertz CT molecular complexity index is 602. The fourth-order valence-corrected chi connectivity index (χ4v) is 3.16. The van der Waals surface area contributed by atoms with E-state index in [1.807, 2.05) is 11.4 Å². The van der Waals surface area contributed by atoms with Gasteiger partial charge in [-0.15, -0.1) is 11.3 Å². The molecule has 5 nitrogen and oxygen atoms in total. The highest BCUT2D eigenvalue weighted by molar-refractivity contribution is 9.10. The zero-order valence-electron chi connectivity index (χ0n) is 9.61. The Morgan fingerprint density at radius 1 is 1.37 bits per heavy atom. The standard InChI is InChI=1S/C11H10Br2N4OS/c12-6-2-9(10(17-14)15-3-6)11(18)16-4-8-1-7(13)5-19-8/h1-3,5H,4,14H2,(H,15,17)(H,16,18). The molecule has 2 heterocycles. The number of hydrogen-bond donors (Lipinski definition) is 3. The number of anilines is 1. The number of aromatic nitrogens is 1. The maximum Gasteiger partial charge on any atom is 0.255 e.